The zero-order chi connectivity index (χ0) is 29.7. The van der Waals surface area contributed by atoms with Gasteiger partial charge in [-0.25, -0.2) is 0 Å². The largest absolute Gasteiger partial charge is 0.309 e. The van der Waals surface area contributed by atoms with Gasteiger partial charge in [0, 0.05) is 22.1 Å². The van der Waals surface area contributed by atoms with Gasteiger partial charge in [-0.3, -0.25) is 0 Å². The molecule has 0 aromatic heterocycles. The Balaban J connectivity index is 1.31. The maximum atomic E-state index is 2.46. The summed E-state index contributed by atoms with van der Waals surface area (Å²) in [7, 11) is 0. The van der Waals surface area contributed by atoms with Gasteiger partial charge in [-0.1, -0.05) is 147 Å². The van der Waals surface area contributed by atoms with Crippen molar-refractivity contribution in [1.29, 1.82) is 0 Å². The standard InChI is InChI=1S/C43H33N/c1-43(2)38-21-9-8-20-37(38)42-39(43)22-12-24-41(42)44(40-23-11-16-32-15-6-7-19-36(32)40)35-27-25-31(26-28-35)34-18-10-17-33(29-34)30-13-4-3-5-14-30/h3-29H,1-2H3. The lowest BCUT2D eigenvalue weighted by molar-refractivity contribution is 0.660. The Kier molecular flexibility index (Phi) is 6.20. The number of anilines is 3. The topological polar surface area (TPSA) is 3.24 Å². The van der Waals surface area contributed by atoms with Crippen LogP contribution in [0.2, 0.25) is 0 Å². The average Bonchev–Trinajstić information content (AvgIpc) is 3.32. The number of rotatable bonds is 5. The summed E-state index contributed by atoms with van der Waals surface area (Å²) >= 11 is 0. The molecule has 1 nitrogen and oxygen atoms in total. The van der Waals surface area contributed by atoms with Crippen molar-refractivity contribution >= 4 is 27.8 Å². The molecule has 8 rings (SSSR count). The minimum Gasteiger partial charge on any atom is -0.309 e. The Morgan fingerprint density at radius 3 is 1.82 bits per heavy atom. The molecule has 0 unspecified atom stereocenters. The monoisotopic (exact) mass is 563 g/mol. The van der Waals surface area contributed by atoms with Crippen molar-refractivity contribution in [3.8, 4) is 33.4 Å². The van der Waals surface area contributed by atoms with Gasteiger partial charge in [0.15, 0.2) is 0 Å². The smallest absolute Gasteiger partial charge is 0.0543 e. The summed E-state index contributed by atoms with van der Waals surface area (Å²) in [4.78, 5) is 2.46. The highest BCUT2D eigenvalue weighted by Gasteiger charge is 2.37. The fraction of sp³-hybridized carbons (Fsp3) is 0.0698. The van der Waals surface area contributed by atoms with Crippen LogP contribution in [0.3, 0.4) is 0 Å². The maximum Gasteiger partial charge on any atom is 0.0543 e. The molecule has 0 saturated heterocycles. The van der Waals surface area contributed by atoms with E-state index >= 15 is 0 Å². The number of benzene rings is 7. The van der Waals surface area contributed by atoms with E-state index < -0.39 is 0 Å². The minimum absolute atomic E-state index is 0.0695. The summed E-state index contributed by atoms with van der Waals surface area (Å²) in [6.45, 7) is 4.70. The number of hydrogen-bond acceptors (Lipinski definition) is 1. The number of hydrogen-bond donors (Lipinski definition) is 0. The number of fused-ring (bicyclic) bond motifs is 4. The van der Waals surface area contributed by atoms with E-state index in [1.807, 2.05) is 0 Å². The molecular weight excluding hydrogens is 530 g/mol. The Morgan fingerprint density at radius 1 is 0.432 bits per heavy atom. The van der Waals surface area contributed by atoms with E-state index in [2.05, 4.69) is 183 Å². The lowest BCUT2D eigenvalue weighted by atomic mass is 9.82. The first kappa shape index (κ1) is 26.2. The van der Waals surface area contributed by atoms with Gasteiger partial charge in [-0.2, -0.15) is 0 Å². The van der Waals surface area contributed by atoms with E-state index in [-0.39, 0.29) is 5.41 Å². The van der Waals surface area contributed by atoms with Gasteiger partial charge < -0.3 is 4.90 Å². The Labute approximate surface area is 259 Å². The molecule has 44 heavy (non-hydrogen) atoms. The Bertz CT molecular complexity index is 2130. The molecule has 210 valence electrons. The van der Waals surface area contributed by atoms with Crippen LogP contribution in [0.5, 0.6) is 0 Å². The maximum absolute atomic E-state index is 2.46. The first-order valence-corrected chi connectivity index (χ1v) is 15.4. The molecule has 0 aliphatic heterocycles. The first-order valence-electron chi connectivity index (χ1n) is 15.4. The van der Waals surface area contributed by atoms with Gasteiger partial charge in [0.2, 0.25) is 0 Å². The summed E-state index contributed by atoms with van der Waals surface area (Å²) in [5.41, 5.74) is 13.7. The van der Waals surface area contributed by atoms with Crippen LogP contribution in [-0.2, 0) is 5.41 Å². The molecule has 0 fully saturated rings. The van der Waals surface area contributed by atoms with Gasteiger partial charge in [-0.05, 0) is 74.7 Å². The van der Waals surface area contributed by atoms with E-state index in [0.717, 1.165) is 5.69 Å². The molecule has 1 heteroatoms. The van der Waals surface area contributed by atoms with Gasteiger partial charge in [0.05, 0.1) is 11.4 Å². The lowest BCUT2D eigenvalue weighted by Crippen LogP contribution is -2.16. The summed E-state index contributed by atoms with van der Waals surface area (Å²) in [6.07, 6.45) is 0. The molecule has 1 aliphatic carbocycles. The highest BCUT2D eigenvalue weighted by Crippen LogP contribution is 2.54. The Hall–Kier alpha value is -5.40. The van der Waals surface area contributed by atoms with Crippen LogP contribution < -0.4 is 4.90 Å². The molecule has 0 heterocycles. The third kappa shape index (κ3) is 4.24. The van der Waals surface area contributed by atoms with Gasteiger partial charge in [0.1, 0.15) is 0 Å². The number of nitrogens with zero attached hydrogens (tertiary/aromatic N) is 1. The van der Waals surface area contributed by atoms with Crippen LogP contribution in [0.1, 0.15) is 25.0 Å². The molecular formula is C43H33N. The summed E-state index contributed by atoms with van der Waals surface area (Å²) in [5.74, 6) is 0. The van der Waals surface area contributed by atoms with Crippen molar-refractivity contribution < 1.29 is 0 Å². The van der Waals surface area contributed by atoms with E-state index in [1.54, 1.807) is 0 Å². The summed E-state index contributed by atoms with van der Waals surface area (Å²) < 4.78 is 0. The van der Waals surface area contributed by atoms with Crippen LogP contribution in [0, 0.1) is 0 Å². The van der Waals surface area contributed by atoms with Gasteiger partial charge in [0.25, 0.3) is 0 Å². The molecule has 0 atom stereocenters. The van der Waals surface area contributed by atoms with Crippen molar-refractivity contribution in [2.45, 2.75) is 19.3 Å². The molecule has 0 N–H and O–H groups in total. The first-order chi connectivity index (χ1) is 21.6. The predicted molar refractivity (Wildman–Crippen MR) is 187 cm³/mol. The quantitative estimate of drug-likeness (QED) is 0.201. The molecule has 0 spiro atoms. The van der Waals surface area contributed by atoms with E-state index in [1.165, 1.54) is 66.7 Å². The van der Waals surface area contributed by atoms with Crippen molar-refractivity contribution in [3.05, 3.63) is 175 Å². The second kappa shape index (κ2) is 10.4. The lowest BCUT2D eigenvalue weighted by Gasteiger charge is -2.30. The zero-order valence-electron chi connectivity index (χ0n) is 25.0. The highest BCUT2D eigenvalue weighted by atomic mass is 15.1. The van der Waals surface area contributed by atoms with Crippen LogP contribution in [0.25, 0.3) is 44.2 Å². The van der Waals surface area contributed by atoms with Gasteiger partial charge in [-0.15, -0.1) is 0 Å². The average molecular weight is 564 g/mol. The fourth-order valence-corrected chi connectivity index (χ4v) is 7.04. The zero-order valence-corrected chi connectivity index (χ0v) is 25.0. The fourth-order valence-electron chi connectivity index (χ4n) is 7.04. The highest BCUT2D eigenvalue weighted by molar-refractivity contribution is 6.02. The minimum atomic E-state index is -0.0695. The van der Waals surface area contributed by atoms with Gasteiger partial charge >= 0.3 is 0 Å². The van der Waals surface area contributed by atoms with Crippen LogP contribution in [0.4, 0.5) is 17.1 Å². The predicted octanol–water partition coefficient (Wildman–Crippen LogP) is 11.9. The second-order valence-electron chi connectivity index (χ2n) is 12.2. The third-order valence-corrected chi connectivity index (χ3v) is 9.26. The summed E-state index contributed by atoms with van der Waals surface area (Å²) in [6, 6.07) is 59.6. The summed E-state index contributed by atoms with van der Waals surface area (Å²) in [5, 5.41) is 2.47. The molecule has 1 aliphatic rings. The van der Waals surface area contributed by atoms with E-state index in [9.17, 15) is 0 Å². The van der Waals surface area contributed by atoms with E-state index in [0.29, 0.717) is 0 Å². The molecule has 0 saturated carbocycles. The molecule has 0 amide bonds. The van der Waals surface area contributed by atoms with Crippen molar-refractivity contribution in [2.75, 3.05) is 4.90 Å². The third-order valence-electron chi connectivity index (χ3n) is 9.26. The SMILES string of the molecule is CC1(C)c2ccccc2-c2c(N(c3ccc(-c4cccc(-c5ccccc5)c4)cc3)c3cccc4ccccc34)cccc21. The van der Waals surface area contributed by atoms with Crippen molar-refractivity contribution in [2.24, 2.45) is 0 Å². The van der Waals surface area contributed by atoms with Crippen molar-refractivity contribution in [1.82, 2.24) is 0 Å². The normalized spacial score (nSPS) is 13.0. The molecule has 0 radical (unpaired) electrons. The van der Waals surface area contributed by atoms with Crippen molar-refractivity contribution in [3.63, 3.8) is 0 Å². The van der Waals surface area contributed by atoms with Crippen LogP contribution >= 0.6 is 0 Å². The van der Waals surface area contributed by atoms with E-state index in [4.69, 9.17) is 0 Å². The molecule has 0 bridgehead atoms. The molecule has 7 aromatic carbocycles. The van der Waals surface area contributed by atoms with Crippen LogP contribution in [0.15, 0.2) is 164 Å². The van der Waals surface area contributed by atoms with Crippen LogP contribution in [-0.4, -0.2) is 0 Å². The molecule has 7 aromatic rings. The Morgan fingerprint density at radius 2 is 1.00 bits per heavy atom. The second-order valence-corrected chi connectivity index (χ2v) is 12.2.